The highest BCUT2D eigenvalue weighted by Crippen LogP contribution is 2.36. The van der Waals surface area contributed by atoms with E-state index in [9.17, 15) is 9.59 Å². The number of amides is 2. The van der Waals surface area contributed by atoms with Crippen molar-refractivity contribution in [2.45, 2.75) is 57.2 Å². The molecular formula is C21H30N6O3. The van der Waals surface area contributed by atoms with Gasteiger partial charge in [-0.1, -0.05) is 0 Å². The van der Waals surface area contributed by atoms with Crippen molar-refractivity contribution in [2.24, 2.45) is 23.2 Å². The van der Waals surface area contributed by atoms with E-state index in [4.69, 9.17) is 11.2 Å². The van der Waals surface area contributed by atoms with Crippen LogP contribution in [-0.4, -0.2) is 57.3 Å². The molecule has 162 valence electrons. The Balaban J connectivity index is 1.63. The van der Waals surface area contributed by atoms with E-state index >= 15 is 0 Å². The minimum absolute atomic E-state index is 0.107. The zero-order valence-electron chi connectivity index (χ0n) is 18.1. The molecule has 1 aromatic heterocycles. The maximum Gasteiger partial charge on any atom is 0.410 e. The Kier molecular flexibility index (Phi) is 6.15. The third-order valence-corrected chi connectivity index (χ3v) is 5.29. The number of terminal acetylenes is 1. The number of carbonyl (C=O) groups excluding carboxylic acids is 2. The first-order valence-electron chi connectivity index (χ1n) is 10.2. The molecule has 2 amide bonds. The summed E-state index contributed by atoms with van der Waals surface area (Å²) in [5, 5.41) is 11.2. The summed E-state index contributed by atoms with van der Waals surface area (Å²) in [6.45, 7) is 6.61. The van der Waals surface area contributed by atoms with Crippen LogP contribution in [0.2, 0.25) is 0 Å². The second-order valence-electron chi connectivity index (χ2n) is 8.99. The van der Waals surface area contributed by atoms with Crippen LogP contribution in [0, 0.1) is 18.3 Å². The normalized spacial score (nSPS) is 21.9. The highest BCUT2D eigenvalue weighted by Gasteiger charge is 2.43. The molecule has 1 aromatic rings. The zero-order chi connectivity index (χ0) is 21.9. The maximum absolute atomic E-state index is 13.0. The van der Waals surface area contributed by atoms with Gasteiger partial charge in [-0.25, -0.2) is 9.78 Å². The van der Waals surface area contributed by atoms with Crippen molar-refractivity contribution in [1.82, 2.24) is 19.8 Å². The lowest BCUT2D eigenvalue weighted by molar-refractivity contribution is -0.125. The highest BCUT2D eigenvalue weighted by molar-refractivity contribution is 5.82. The van der Waals surface area contributed by atoms with E-state index in [0.717, 1.165) is 5.69 Å². The number of rotatable bonds is 7. The number of imidazole rings is 1. The molecule has 30 heavy (non-hydrogen) atoms. The number of ether oxygens (including phenoxy) is 1. The largest absolute Gasteiger partial charge is 0.444 e. The van der Waals surface area contributed by atoms with Gasteiger partial charge in [-0.3, -0.25) is 4.79 Å². The summed E-state index contributed by atoms with van der Waals surface area (Å²) in [7, 11) is 1.88. The zero-order valence-corrected chi connectivity index (χ0v) is 18.1. The number of aryl methyl sites for hydroxylation is 1. The van der Waals surface area contributed by atoms with Crippen LogP contribution in [0.1, 0.15) is 51.6 Å². The topological polar surface area (TPSA) is 101 Å². The van der Waals surface area contributed by atoms with Gasteiger partial charge in [-0.2, -0.15) is 10.2 Å². The molecule has 9 nitrogen and oxygen atoms in total. The SMILES string of the molecule is C#CCCC1(CCNC(=O)[C@@H]2CN(C(=O)OC(C)(C)C)C[C@H]2c2cn(C)cn2)N=N1. The average Bonchev–Trinajstić information content (AvgIpc) is 3.08. The summed E-state index contributed by atoms with van der Waals surface area (Å²) >= 11 is 0. The molecule has 2 atom stereocenters. The fourth-order valence-corrected chi connectivity index (χ4v) is 3.65. The maximum atomic E-state index is 13.0. The van der Waals surface area contributed by atoms with Crippen molar-refractivity contribution in [3.8, 4) is 12.3 Å². The van der Waals surface area contributed by atoms with Crippen LogP contribution in [0.4, 0.5) is 4.79 Å². The fourth-order valence-electron chi connectivity index (χ4n) is 3.65. The van der Waals surface area contributed by atoms with Crippen LogP contribution < -0.4 is 5.32 Å². The fraction of sp³-hybridized carbons (Fsp3) is 0.667. The van der Waals surface area contributed by atoms with Gasteiger partial charge in [-0.15, -0.1) is 12.3 Å². The number of nitrogens with one attached hydrogen (secondary N) is 1. The van der Waals surface area contributed by atoms with E-state index in [1.807, 2.05) is 38.6 Å². The van der Waals surface area contributed by atoms with Crippen molar-refractivity contribution in [2.75, 3.05) is 19.6 Å². The molecule has 1 fully saturated rings. The molecule has 9 heteroatoms. The van der Waals surface area contributed by atoms with Crippen LogP contribution in [0.15, 0.2) is 22.8 Å². The molecule has 0 radical (unpaired) electrons. The van der Waals surface area contributed by atoms with Crippen molar-refractivity contribution in [3.63, 3.8) is 0 Å². The van der Waals surface area contributed by atoms with Crippen LogP contribution in [-0.2, 0) is 16.6 Å². The number of likely N-dealkylation sites (tertiary alicyclic amines) is 1. The van der Waals surface area contributed by atoms with E-state index in [0.29, 0.717) is 38.9 Å². The molecule has 0 aromatic carbocycles. The molecule has 0 spiro atoms. The lowest BCUT2D eigenvalue weighted by atomic mass is 9.92. The molecule has 1 saturated heterocycles. The van der Waals surface area contributed by atoms with Crippen molar-refractivity contribution < 1.29 is 14.3 Å². The Labute approximate surface area is 177 Å². The van der Waals surface area contributed by atoms with Crippen molar-refractivity contribution >= 4 is 12.0 Å². The van der Waals surface area contributed by atoms with Gasteiger partial charge < -0.3 is 19.5 Å². The van der Waals surface area contributed by atoms with E-state index < -0.39 is 23.3 Å². The molecule has 0 bridgehead atoms. The summed E-state index contributed by atoms with van der Waals surface area (Å²) < 4.78 is 7.34. The molecule has 2 aliphatic rings. The Morgan fingerprint density at radius 1 is 1.33 bits per heavy atom. The molecule has 3 heterocycles. The van der Waals surface area contributed by atoms with Crippen LogP contribution in [0.3, 0.4) is 0 Å². The smallest absolute Gasteiger partial charge is 0.410 e. The van der Waals surface area contributed by atoms with Crippen molar-refractivity contribution in [3.05, 3.63) is 18.2 Å². The van der Waals surface area contributed by atoms with Gasteiger partial charge in [0, 0.05) is 58.1 Å². The second kappa shape index (κ2) is 8.46. The standard InChI is InChI=1S/C21H30N6O3/c1-6-7-8-21(24-25-21)9-10-22-18(28)16-12-27(19(29)30-20(2,3)4)11-15(16)17-13-26(5)14-23-17/h1,13-16H,7-12H2,2-5H3,(H,22,28)/t15-,16-/m1/s1. The second-order valence-corrected chi connectivity index (χ2v) is 8.99. The summed E-state index contributed by atoms with van der Waals surface area (Å²) in [5.74, 6) is 1.90. The van der Waals surface area contributed by atoms with Gasteiger partial charge in [0.05, 0.1) is 17.9 Å². The first-order valence-corrected chi connectivity index (χ1v) is 10.2. The number of aromatic nitrogens is 2. The Morgan fingerprint density at radius 3 is 2.63 bits per heavy atom. The van der Waals surface area contributed by atoms with Gasteiger partial charge >= 0.3 is 6.09 Å². The first-order chi connectivity index (χ1) is 14.1. The molecule has 0 unspecified atom stereocenters. The lowest BCUT2D eigenvalue weighted by Gasteiger charge is -2.24. The van der Waals surface area contributed by atoms with Gasteiger partial charge in [0.25, 0.3) is 0 Å². The van der Waals surface area contributed by atoms with E-state index in [-0.39, 0.29) is 11.8 Å². The number of carbonyl (C=O) groups is 2. The molecule has 1 N–H and O–H groups in total. The summed E-state index contributed by atoms with van der Waals surface area (Å²) in [6, 6.07) is 0. The minimum atomic E-state index is -0.595. The van der Waals surface area contributed by atoms with Gasteiger partial charge in [0.15, 0.2) is 5.66 Å². The molecule has 2 aliphatic heterocycles. The highest BCUT2D eigenvalue weighted by atomic mass is 16.6. The summed E-state index contributed by atoms with van der Waals surface area (Å²) in [5.41, 5.74) is -0.235. The predicted octanol–water partition coefficient (Wildman–Crippen LogP) is 2.45. The Morgan fingerprint density at radius 2 is 2.07 bits per heavy atom. The lowest BCUT2D eigenvalue weighted by Crippen LogP contribution is -2.38. The molecule has 3 rings (SSSR count). The van der Waals surface area contributed by atoms with E-state index in [1.54, 1.807) is 11.2 Å². The summed E-state index contributed by atoms with van der Waals surface area (Å²) in [6.07, 6.45) is 10.4. The van der Waals surface area contributed by atoms with E-state index in [1.165, 1.54) is 0 Å². The van der Waals surface area contributed by atoms with E-state index in [2.05, 4.69) is 26.4 Å². The Bertz CT molecular complexity index is 857. The van der Waals surface area contributed by atoms with Crippen molar-refractivity contribution in [1.29, 1.82) is 0 Å². The third-order valence-electron chi connectivity index (χ3n) is 5.29. The van der Waals surface area contributed by atoms with Crippen LogP contribution in [0.5, 0.6) is 0 Å². The first kappa shape index (κ1) is 21.8. The molecular weight excluding hydrogens is 384 g/mol. The van der Waals surface area contributed by atoms with Crippen LogP contribution in [0.25, 0.3) is 0 Å². The third kappa shape index (κ3) is 5.38. The van der Waals surface area contributed by atoms with Gasteiger partial charge in [0.2, 0.25) is 5.91 Å². The number of nitrogens with zero attached hydrogens (tertiary/aromatic N) is 5. The number of hydrogen-bond acceptors (Lipinski definition) is 6. The van der Waals surface area contributed by atoms with Gasteiger partial charge in [-0.05, 0) is 20.8 Å². The Hall–Kier alpha value is -2.89. The monoisotopic (exact) mass is 414 g/mol. The number of hydrogen-bond donors (Lipinski definition) is 1. The molecule has 0 aliphatic carbocycles. The predicted molar refractivity (Wildman–Crippen MR) is 111 cm³/mol. The van der Waals surface area contributed by atoms with Gasteiger partial charge in [0.1, 0.15) is 5.60 Å². The van der Waals surface area contributed by atoms with Crippen LogP contribution >= 0.6 is 0 Å². The summed E-state index contributed by atoms with van der Waals surface area (Å²) in [4.78, 5) is 31.6. The average molecular weight is 415 g/mol. The molecule has 0 saturated carbocycles. The minimum Gasteiger partial charge on any atom is -0.444 e. The quantitative estimate of drug-likeness (QED) is 0.693.